The van der Waals surface area contributed by atoms with Gasteiger partial charge in [0.15, 0.2) is 0 Å². The minimum Gasteiger partial charge on any atom is -0.346 e. The number of nitrogens with one attached hydrogen (secondary N) is 2. The van der Waals surface area contributed by atoms with Crippen molar-refractivity contribution in [2.45, 2.75) is 19.9 Å². The van der Waals surface area contributed by atoms with Gasteiger partial charge in [-0.05, 0) is 26.0 Å². The Labute approximate surface area is 157 Å². The van der Waals surface area contributed by atoms with E-state index in [2.05, 4.69) is 31.3 Å². The van der Waals surface area contributed by atoms with Crippen LogP contribution in [-0.4, -0.2) is 30.5 Å². The molecule has 0 aromatic heterocycles. The highest BCUT2D eigenvalue weighted by Gasteiger charge is 2.23. The fourth-order valence-electron chi connectivity index (χ4n) is 3.02. The van der Waals surface area contributed by atoms with Gasteiger partial charge in [0, 0.05) is 17.2 Å². The highest BCUT2D eigenvalue weighted by Crippen LogP contribution is 2.25. The van der Waals surface area contributed by atoms with Gasteiger partial charge < -0.3 is 10.2 Å². The summed E-state index contributed by atoms with van der Waals surface area (Å²) in [6.45, 7) is 6.52. The molecule has 2 aromatic rings. The number of amides is 1. The monoisotopic (exact) mass is 376 g/mol. The first-order chi connectivity index (χ1) is 12.5. The molecule has 0 unspecified atom stereocenters. The third kappa shape index (κ3) is 4.80. The molecule has 26 heavy (non-hydrogen) atoms. The number of nitro groups is 1. The lowest BCUT2D eigenvalue weighted by Gasteiger charge is -2.27. The molecule has 138 valence electrons. The van der Waals surface area contributed by atoms with Gasteiger partial charge in [-0.3, -0.25) is 14.9 Å². The molecule has 7 heteroatoms. The summed E-state index contributed by atoms with van der Waals surface area (Å²) in [7, 11) is 0. The maximum absolute atomic E-state index is 12.5. The van der Waals surface area contributed by atoms with Crippen LogP contribution in [0.25, 0.3) is 0 Å². The summed E-state index contributed by atoms with van der Waals surface area (Å²) >= 11 is 5.81. The molecule has 0 aliphatic heterocycles. The van der Waals surface area contributed by atoms with Gasteiger partial charge >= 0.3 is 0 Å². The van der Waals surface area contributed by atoms with Crippen molar-refractivity contribution in [3.05, 3.63) is 74.8 Å². The normalized spacial score (nSPS) is 12.0. The number of rotatable bonds is 8. The zero-order valence-corrected chi connectivity index (χ0v) is 15.6. The average molecular weight is 377 g/mol. The van der Waals surface area contributed by atoms with Gasteiger partial charge in [0.1, 0.15) is 11.1 Å². The molecule has 2 N–H and O–H groups in total. The zero-order chi connectivity index (χ0) is 19.1. The van der Waals surface area contributed by atoms with E-state index in [0.29, 0.717) is 6.54 Å². The van der Waals surface area contributed by atoms with Gasteiger partial charge in [0.25, 0.3) is 11.6 Å². The Hall–Kier alpha value is -2.44. The molecule has 2 rings (SSSR count). The lowest BCUT2D eigenvalue weighted by molar-refractivity contribution is -0.927. The second-order valence-corrected chi connectivity index (χ2v) is 6.37. The molecule has 0 bridgehead atoms. The molecule has 0 saturated heterocycles. The van der Waals surface area contributed by atoms with Crippen molar-refractivity contribution >= 4 is 23.2 Å². The average Bonchev–Trinajstić information content (AvgIpc) is 2.65. The van der Waals surface area contributed by atoms with Crippen LogP contribution in [0.3, 0.4) is 0 Å². The summed E-state index contributed by atoms with van der Waals surface area (Å²) in [4.78, 5) is 24.2. The molecule has 0 heterocycles. The lowest BCUT2D eigenvalue weighted by atomic mass is 10.0. The smallest absolute Gasteiger partial charge is 0.288 e. The van der Waals surface area contributed by atoms with E-state index in [1.54, 1.807) is 0 Å². The first kappa shape index (κ1) is 19.9. The van der Waals surface area contributed by atoms with Crippen LogP contribution in [0.1, 0.15) is 35.8 Å². The van der Waals surface area contributed by atoms with Gasteiger partial charge in [0.05, 0.1) is 24.6 Å². The highest BCUT2D eigenvalue weighted by atomic mass is 35.5. The van der Waals surface area contributed by atoms with E-state index in [4.69, 9.17) is 11.6 Å². The Kier molecular flexibility index (Phi) is 7.12. The SMILES string of the molecule is CC[NH+](CC)[C@H](CNC(=O)c1ccc(Cl)c([N+](=O)[O-])c1)c1ccccc1. The summed E-state index contributed by atoms with van der Waals surface area (Å²) < 4.78 is 0. The summed E-state index contributed by atoms with van der Waals surface area (Å²) in [5, 5.41) is 13.9. The molecule has 1 atom stereocenters. The van der Waals surface area contributed by atoms with Crippen LogP contribution in [-0.2, 0) is 0 Å². The van der Waals surface area contributed by atoms with Crippen molar-refractivity contribution in [1.29, 1.82) is 0 Å². The Morgan fingerprint density at radius 1 is 1.19 bits per heavy atom. The van der Waals surface area contributed by atoms with Crippen LogP contribution in [0.4, 0.5) is 5.69 Å². The number of quaternary nitrogens is 1. The van der Waals surface area contributed by atoms with Gasteiger partial charge in [-0.25, -0.2) is 0 Å². The predicted octanol–water partition coefficient (Wildman–Crippen LogP) is 2.64. The van der Waals surface area contributed by atoms with E-state index in [1.165, 1.54) is 23.1 Å². The van der Waals surface area contributed by atoms with Gasteiger partial charge in [0.2, 0.25) is 0 Å². The minimum absolute atomic E-state index is 0.0151. The molecule has 0 spiro atoms. The summed E-state index contributed by atoms with van der Waals surface area (Å²) in [6.07, 6.45) is 0. The molecule has 1 amide bonds. The van der Waals surface area contributed by atoms with E-state index in [1.807, 2.05) is 18.2 Å². The highest BCUT2D eigenvalue weighted by molar-refractivity contribution is 6.32. The van der Waals surface area contributed by atoms with Crippen LogP contribution < -0.4 is 10.2 Å². The maximum Gasteiger partial charge on any atom is 0.288 e. The van der Waals surface area contributed by atoms with E-state index in [-0.39, 0.29) is 28.2 Å². The van der Waals surface area contributed by atoms with Crippen molar-refractivity contribution in [2.75, 3.05) is 19.6 Å². The first-order valence-electron chi connectivity index (χ1n) is 8.59. The van der Waals surface area contributed by atoms with Crippen LogP contribution in [0, 0.1) is 10.1 Å². The van der Waals surface area contributed by atoms with Crippen molar-refractivity contribution in [3.63, 3.8) is 0 Å². The van der Waals surface area contributed by atoms with E-state index < -0.39 is 4.92 Å². The standard InChI is InChI=1S/C19H22ClN3O3/c1-3-22(4-2)18(14-8-6-5-7-9-14)13-21-19(24)15-10-11-16(20)17(12-15)23(25)26/h5-12,18H,3-4,13H2,1-2H3,(H,21,24)/p+1/t18-/m1/s1. The van der Waals surface area contributed by atoms with Crippen molar-refractivity contribution in [1.82, 2.24) is 5.32 Å². The maximum atomic E-state index is 12.5. The number of likely N-dealkylation sites (N-methyl/N-ethyl adjacent to an activating group) is 1. The summed E-state index contributed by atoms with van der Waals surface area (Å²) in [5.41, 5.74) is 1.10. The zero-order valence-electron chi connectivity index (χ0n) is 14.9. The number of carbonyl (C=O) groups excluding carboxylic acids is 1. The van der Waals surface area contributed by atoms with Crippen LogP contribution in [0.5, 0.6) is 0 Å². The Morgan fingerprint density at radius 2 is 1.85 bits per heavy atom. The Bertz CT molecular complexity index is 764. The summed E-state index contributed by atoms with van der Waals surface area (Å²) in [5.74, 6) is -0.350. The quantitative estimate of drug-likeness (QED) is 0.549. The Morgan fingerprint density at radius 3 is 2.42 bits per heavy atom. The van der Waals surface area contributed by atoms with E-state index >= 15 is 0 Å². The molecule has 2 aromatic carbocycles. The Balaban J connectivity index is 2.17. The molecule has 0 aliphatic rings. The van der Waals surface area contributed by atoms with Crippen LogP contribution >= 0.6 is 11.6 Å². The van der Waals surface area contributed by atoms with Crippen LogP contribution in [0.15, 0.2) is 48.5 Å². The van der Waals surface area contributed by atoms with Gasteiger partial charge in [-0.15, -0.1) is 0 Å². The second kappa shape index (κ2) is 9.31. The number of nitrogens with zero attached hydrogens (tertiary/aromatic N) is 1. The lowest BCUT2D eigenvalue weighted by Crippen LogP contribution is -3.12. The number of carbonyl (C=O) groups is 1. The van der Waals surface area contributed by atoms with Crippen molar-refractivity contribution in [2.24, 2.45) is 0 Å². The molecule has 0 saturated carbocycles. The fourth-order valence-corrected chi connectivity index (χ4v) is 3.20. The fraction of sp³-hybridized carbons (Fsp3) is 0.316. The number of hydrogen-bond donors (Lipinski definition) is 2. The van der Waals surface area contributed by atoms with E-state index in [9.17, 15) is 14.9 Å². The predicted molar refractivity (Wildman–Crippen MR) is 102 cm³/mol. The first-order valence-corrected chi connectivity index (χ1v) is 8.97. The van der Waals surface area contributed by atoms with E-state index in [0.717, 1.165) is 18.7 Å². The molecule has 0 fully saturated rings. The molecular formula is C19H23ClN3O3+. The molecule has 6 nitrogen and oxygen atoms in total. The van der Waals surface area contributed by atoms with Gasteiger partial charge in [-0.2, -0.15) is 0 Å². The number of nitro benzene ring substituents is 1. The number of halogens is 1. The third-order valence-corrected chi connectivity index (χ3v) is 4.79. The molecule has 0 aliphatic carbocycles. The topological polar surface area (TPSA) is 76.7 Å². The largest absolute Gasteiger partial charge is 0.346 e. The number of hydrogen-bond acceptors (Lipinski definition) is 3. The van der Waals surface area contributed by atoms with Crippen LogP contribution in [0.2, 0.25) is 5.02 Å². The summed E-state index contributed by atoms with van der Waals surface area (Å²) in [6, 6.07) is 14.2. The number of benzene rings is 2. The third-order valence-electron chi connectivity index (χ3n) is 4.47. The molecular weight excluding hydrogens is 354 g/mol. The van der Waals surface area contributed by atoms with Crippen molar-refractivity contribution in [3.8, 4) is 0 Å². The van der Waals surface area contributed by atoms with Gasteiger partial charge in [-0.1, -0.05) is 41.9 Å². The molecule has 0 radical (unpaired) electrons. The minimum atomic E-state index is -0.591. The second-order valence-electron chi connectivity index (χ2n) is 5.96. The van der Waals surface area contributed by atoms with Crippen molar-refractivity contribution < 1.29 is 14.6 Å².